The SMILES string of the molecule is O=C(COc1ccc(F)cc1F)N1CCCC[C@@H]1CCn1cccn1. The van der Waals surface area contributed by atoms with Gasteiger partial charge in [0.25, 0.3) is 5.91 Å². The number of aryl methyl sites for hydroxylation is 1. The van der Waals surface area contributed by atoms with E-state index in [0.29, 0.717) is 6.54 Å². The van der Waals surface area contributed by atoms with Crippen LogP contribution in [0.15, 0.2) is 36.7 Å². The first-order valence-corrected chi connectivity index (χ1v) is 8.48. The maximum absolute atomic E-state index is 13.6. The van der Waals surface area contributed by atoms with Gasteiger partial charge in [-0.15, -0.1) is 0 Å². The van der Waals surface area contributed by atoms with Gasteiger partial charge in [-0.1, -0.05) is 0 Å². The molecule has 2 aromatic rings. The van der Waals surface area contributed by atoms with Crippen molar-refractivity contribution in [1.29, 1.82) is 0 Å². The first kappa shape index (κ1) is 17.4. The van der Waals surface area contributed by atoms with Crippen molar-refractivity contribution in [3.63, 3.8) is 0 Å². The van der Waals surface area contributed by atoms with Crippen LogP contribution in [0.3, 0.4) is 0 Å². The molecule has 5 nitrogen and oxygen atoms in total. The maximum Gasteiger partial charge on any atom is 0.260 e. The van der Waals surface area contributed by atoms with Crippen LogP contribution in [-0.4, -0.2) is 39.8 Å². The number of hydrogen-bond donors (Lipinski definition) is 0. The van der Waals surface area contributed by atoms with Crippen molar-refractivity contribution in [1.82, 2.24) is 14.7 Å². The number of ether oxygens (including phenoxy) is 1. The average molecular weight is 349 g/mol. The number of rotatable bonds is 6. The number of amides is 1. The molecule has 0 bridgehead atoms. The third-order valence-corrected chi connectivity index (χ3v) is 4.44. The fourth-order valence-electron chi connectivity index (χ4n) is 3.16. The highest BCUT2D eigenvalue weighted by molar-refractivity contribution is 5.78. The Kier molecular flexibility index (Phi) is 5.63. The molecule has 0 spiro atoms. The molecular formula is C18H21F2N3O2. The summed E-state index contributed by atoms with van der Waals surface area (Å²) in [7, 11) is 0. The van der Waals surface area contributed by atoms with Gasteiger partial charge in [-0.25, -0.2) is 8.78 Å². The zero-order chi connectivity index (χ0) is 17.6. The van der Waals surface area contributed by atoms with E-state index in [2.05, 4.69) is 5.10 Å². The lowest BCUT2D eigenvalue weighted by Crippen LogP contribution is -2.46. The predicted octanol–water partition coefficient (Wildman–Crippen LogP) is 3.01. The molecule has 1 fully saturated rings. The van der Waals surface area contributed by atoms with E-state index < -0.39 is 11.6 Å². The molecule has 134 valence electrons. The second kappa shape index (κ2) is 8.09. The molecule has 0 radical (unpaired) electrons. The van der Waals surface area contributed by atoms with Gasteiger partial charge in [-0.2, -0.15) is 5.10 Å². The Bertz CT molecular complexity index is 706. The van der Waals surface area contributed by atoms with E-state index in [0.717, 1.165) is 44.4 Å². The molecule has 7 heteroatoms. The lowest BCUT2D eigenvalue weighted by molar-refractivity contribution is -0.137. The number of carbonyl (C=O) groups is 1. The summed E-state index contributed by atoms with van der Waals surface area (Å²) < 4.78 is 33.6. The van der Waals surface area contributed by atoms with Gasteiger partial charge in [0.15, 0.2) is 18.2 Å². The predicted molar refractivity (Wildman–Crippen MR) is 88.0 cm³/mol. The Morgan fingerprint density at radius 2 is 2.20 bits per heavy atom. The highest BCUT2D eigenvalue weighted by Gasteiger charge is 2.27. The molecule has 0 N–H and O–H groups in total. The topological polar surface area (TPSA) is 47.4 Å². The summed E-state index contributed by atoms with van der Waals surface area (Å²) in [4.78, 5) is 14.3. The highest BCUT2D eigenvalue weighted by Crippen LogP contribution is 2.22. The van der Waals surface area contributed by atoms with E-state index in [4.69, 9.17) is 4.74 Å². The summed E-state index contributed by atoms with van der Waals surface area (Å²) in [5, 5.41) is 4.18. The van der Waals surface area contributed by atoms with Gasteiger partial charge < -0.3 is 9.64 Å². The largest absolute Gasteiger partial charge is 0.481 e. The van der Waals surface area contributed by atoms with Gasteiger partial charge in [0.05, 0.1) is 0 Å². The summed E-state index contributed by atoms with van der Waals surface area (Å²) in [5.74, 6) is -1.76. The molecule has 1 amide bonds. The molecule has 1 aromatic heterocycles. The molecule has 1 atom stereocenters. The zero-order valence-corrected chi connectivity index (χ0v) is 13.9. The molecule has 1 saturated heterocycles. The van der Waals surface area contributed by atoms with Crippen molar-refractivity contribution in [2.75, 3.05) is 13.2 Å². The van der Waals surface area contributed by atoms with E-state index >= 15 is 0 Å². The summed E-state index contributed by atoms with van der Waals surface area (Å²) in [6.45, 7) is 1.17. The Labute approximate surface area is 145 Å². The van der Waals surface area contributed by atoms with Crippen molar-refractivity contribution in [3.8, 4) is 5.75 Å². The normalized spacial score (nSPS) is 17.5. The molecular weight excluding hydrogens is 328 g/mol. The number of piperidine rings is 1. The molecule has 1 aromatic carbocycles. The number of nitrogens with zero attached hydrogens (tertiary/aromatic N) is 3. The Morgan fingerprint density at radius 3 is 2.96 bits per heavy atom. The third kappa shape index (κ3) is 4.55. The van der Waals surface area contributed by atoms with Crippen LogP contribution in [0, 0.1) is 11.6 Å². The molecule has 1 aliphatic heterocycles. The first-order valence-electron chi connectivity index (χ1n) is 8.48. The van der Waals surface area contributed by atoms with Crippen molar-refractivity contribution >= 4 is 5.91 Å². The van der Waals surface area contributed by atoms with Gasteiger partial charge in [-0.3, -0.25) is 9.48 Å². The number of hydrogen-bond acceptors (Lipinski definition) is 3. The van der Waals surface area contributed by atoms with E-state index in [1.54, 1.807) is 6.20 Å². The van der Waals surface area contributed by atoms with E-state index in [9.17, 15) is 13.6 Å². The smallest absolute Gasteiger partial charge is 0.260 e. The van der Waals surface area contributed by atoms with E-state index in [-0.39, 0.29) is 24.3 Å². The second-order valence-electron chi connectivity index (χ2n) is 6.16. The minimum Gasteiger partial charge on any atom is -0.481 e. The lowest BCUT2D eigenvalue weighted by Gasteiger charge is -2.35. The first-order chi connectivity index (χ1) is 12.1. The molecule has 0 saturated carbocycles. The molecule has 0 aliphatic carbocycles. The molecule has 3 rings (SSSR count). The van der Waals surface area contributed by atoms with Gasteiger partial charge in [0.1, 0.15) is 5.82 Å². The Morgan fingerprint density at radius 1 is 1.32 bits per heavy atom. The van der Waals surface area contributed by atoms with Crippen molar-refractivity contribution < 1.29 is 18.3 Å². The van der Waals surface area contributed by atoms with Crippen molar-refractivity contribution in [2.45, 2.75) is 38.3 Å². The van der Waals surface area contributed by atoms with Crippen LogP contribution in [-0.2, 0) is 11.3 Å². The van der Waals surface area contributed by atoms with Gasteiger partial charge >= 0.3 is 0 Å². The summed E-state index contributed by atoms with van der Waals surface area (Å²) in [6, 6.07) is 5.05. The van der Waals surface area contributed by atoms with Crippen LogP contribution in [0.5, 0.6) is 5.75 Å². The molecule has 25 heavy (non-hydrogen) atoms. The number of benzene rings is 1. The fraction of sp³-hybridized carbons (Fsp3) is 0.444. The maximum atomic E-state index is 13.6. The number of likely N-dealkylation sites (tertiary alicyclic amines) is 1. The van der Waals surface area contributed by atoms with Crippen LogP contribution in [0.25, 0.3) is 0 Å². The fourth-order valence-corrected chi connectivity index (χ4v) is 3.16. The van der Waals surface area contributed by atoms with Gasteiger partial charge in [0.2, 0.25) is 0 Å². The summed E-state index contributed by atoms with van der Waals surface area (Å²) >= 11 is 0. The van der Waals surface area contributed by atoms with Gasteiger partial charge in [0, 0.05) is 37.6 Å². The van der Waals surface area contributed by atoms with Crippen LogP contribution in [0.1, 0.15) is 25.7 Å². The quantitative estimate of drug-likeness (QED) is 0.805. The molecule has 0 unspecified atom stereocenters. The number of aromatic nitrogens is 2. The highest BCUT2D eigenvalue weighted by atomic mass is 19.1. The van der Waals surface area contributed by atoms with Crippen LogP contribution in [0.2, 0.25) is 0 Å². The van der Waals surface area contributed by atoms with Crippen LogP contribution < -0.4 is 4.74 Å². The lowest BCUT2D eigenvalue weighted by atomic mass is 9.99. The van der Waals surface area contributed by atoms with E-state index in [1.807, 2.05) is 21.8 Å². The molecule has 2 heterocycles. The van der Waals surface area contributed by atoms with Crippen LogP contribution in [0.4, 0.5) is 8.78 Å². The van der Waals surface area contributed by atoms with Crippen molar-refractivity contribution in [3.05, 3.63) is 48.3 Å². The number of halogens is 2. The molecule has 1 aliphatic rings. The van der Waals surface area contributed by atoms with Crippen molar-refractivity contribution in [2.24, 2.45) is 0 Å². The Hall–Kier alpha value is -2.44. The monoisotopic (exact) mass is 349 g/mol. The standard InChI is InChI=1S/C18H21F2N3O2/c19-14-5-6-17(16(20)12-14)25-13-18(24)23-10-2-1-4-15(23)7-11-22-9-3-8-21-22/h3,5-6,8-9,12,15H,1-2,4,7,10-11,13H2/t15-/m1/s1. The zero-order valence-electron chi connectivity index (χ0n) is 13.9. The Balaban J connectivity index is 1.56. The summed E-state index contributed by atoms with van der Waals surface area (Å²) in [5.41, 5.74) is 0. The average Bonchev–Trinajstić information content (AvgIpc) is 3.13. The van der Waals surface area contributed by atoms with Crippen LogP contribution >= 0.6 is 0 Å². The van der Waals surface area contributed by atoms with E-state index in [1.165, 1.54) is 6.07 Å². The number of carbonyl (C=O) groups excluding carboxylic acids is 1. The summed E-state index contributed by atoms with van der Waals surface area (Å²) in [6.07, 6.45) is 7.43. The van der Waals surface area contributed by atoms with Gasteiger partial charge in [-0.05, 0) is 43.9 Å². The minimum atomic E-state index is -0.804. The second-order valence-corrected chi connectivity index (χ2v) is 6.16. The third-order valence-electron chi connectivity index (χ3n) is 4.44. The minimum absolute atomic E-state index is 0.111.